The number of H-pyrrole nitrogens is 1. The second-order valence-electron chi connectivity index (χ2n) is 14.3. The van der Waals surface area contributed by atoms with Gasteiger partial charge < -0.3 is 33.5 Å². The van der Waals surface area contributed by atoms with E-state index in [1.165, 1.54) is 40.4 Å². The number of aliphatic imine (C=N–C) groups is 2. The zero-order valence-corrected chi connectivity index (χ0v) is 36.2. The van der Waals surface area contributed by atoms with E-state index in [1.807, 2.05) is 48.5 Å². The van der Waals surface area contributed by atoms with E-state index in [2.05, 4.69) is 78.9 Å². The largest absolute Gasteiger partial charge is 0.465 e. The number of nitrogens with two attached hydrogens (primary N) is 1. The molecule has 0 saturated carbocycles. The van der Waals surface area contributed by atoms with Crippen LogP contribution in [0.5, 0.6) is 0 Å². The van der Waals surface area contributed by atoms with Gasteiger partial charge in [0.2, 0.25) is 0 Å². The quantitative estimate of drug-likeness (QED) is 0.0735. The first-order valence-corrected chi connectivity index (χ1v) is 20.5. The SMILES string of the molecule is COC(=O)c1ccccc1N.ClC1=Nc2ccccc2C(Cl)=Nc2ccccc21.O=C1Nc2ccccc2C(=O)Nc2ccccc21.[CH3-].c1ccc2c(c1)Cc1c-2[nH]c2ccccc12. The zero-order chi connectivity index (χ0) is 43.9. The summed E-state index contributed by atoms with van der Waals surface area (Å²) in [5.74, 6) is -0.848. The summed E-state index contributed by atoms with van der Waals surface area (Å²) >= 11 is 12.5. The van der Waals surface area contributed by atoms with E-state index in [-0.39, 0.29) is 19.2 Å². The molecular formula is C52H41Cl2N6O4-. The van der Waals surface area contributed by atoms with E-state index in [1.54, 1.807) is 72.8 Å². The highest BCUT2D eigenvalue weighted by molar-refractivity contribution is 6.72. The Balaban J connectivity index is 0.000000129. The molecule has 0 bridgehead atoms. The molecule has 318 valence electrons. The Kier molecular flexibility index (Phi) is 13.8. The van der Waals surface area contributed by atoms with Crippen molar-refractivity contribution in [1.82, 2.24) is 4.98 Å². The Hall–Kier alpha value is -7.79. The number of carbonyl (C=O) groups is 3. The van der Waals surface area contributed by atoms with Gasteiger partial charge >= 0.3 is 5.97 Å². The Bertz CT molecular complexity index is 2990. The predicted molar refractivity (Wildman–Crippen MR) is 261 cm³/mol. The van der Waals surface area contributed by atoms with Gasteiger partial charge in [0, 0.05) is 39.7 Å². The minimum Gasteiger partial charge on any atom is -0.465 e. The maximum Gasteiger partial charge on any atom is 0.339 e. The number of aromatic nitrogens is 1. The smallest absolute Gasteiger partial charge is 0.339 e. The molecule has 12 heteroatoms. The summed E-state index contributed by atoms with van der Waals surface area (Å²) in [5, 5.41) is 7.71. The summed E-state index contributed by atoms with van der Waals surface area (Å²) < 4.78 is 4.50. The normalized spacial score (nSPS) is 12.4. The maximum absolute atomic E-state index is 12.1. The molecule has 3 aliphatic rings. The Morgan fingerprint density at radius 3 is 1.59 bits per heavy atom. The van der Waals surface area contributed by atoms with Crippen molar-refractivity contribution in [2.45, 2.75) is 6.42 Å². The van der Waals surface area contributed by atoms with Crippen LogP contribution in [0.3, 0.4) is 0 Å². The van der Waals surface area contributed by atoms with Crippen molar-refractivity contribution >= 4 is 90.7 Å². The van der Waals surface area contributed by atoms with Crippen molar-refractivity contribution in [2.24, 2.45) is 9.98 Å². The highest BCUT2D eigenvalue weighted by atomic mass is 35.5. The average Bonchev–Trinajstić information content (AvgIpc) is 3.86. The van der Waals surface area contributed by atoms with Gasteiger partial charge in [-0.2, -0.15) is 0 Å². The molecule has 10 nitrogen and oxygen atoms in total. The Morgan fingerprint density at radius 2 is 1.03 bits per heavy atom. The number of para-hydroxylation sites is 6. The molecule has 0 spiro atoms. The number of amides is 2. The number of nitrogens with one attached hydrogen (secondary N) is 3. The van der Waals surface area contributed by atoms with E-state index >= 15 is 0 Å². The first kappa shape index (κ1) is 44.3. The molecule has 1 aliphatic carbocycles. The first-order chi connectivity index (χ1) is 30.7. The third-order valence-electron chi connectivity index (χ3n) is 10.4. The summed E-state index contributed by atoms with van der Waals surface area (Å²) in [6.45, 7) is 0. The summed E-state index contributed by atoms with van der Waals surface area (Å²) in [6, 6.07) is 52.9. The number of hydrogen-bond donors (Lipinski definition) is 4. The minimum atomic E-state index is -0.400. The standard InChI is InChI=1S/C15H11N.C14H8Cl2N2.C14H10N2O2.C8H9NO2.CH3/c1-2-6-11-10(5-1)9-13-12-7-3-4-8-14(12)16-15(11)13;15-13-9-5-1-3-7-11(9)17-14(16)10-6-2-4-8-12(10)18-13;17-13-9-5-1-3-7-11(9)15-14(18)10-6-2-4-8-12(10)16-13;1-11-8(10)6-4-2-3-5-7(6)9;/h1-8,16H,9H2;1-8H;1-8H,(H,15,18)(H,16,17);2-5H,9H2,1H3;1H3/q;;;;-1. The number of esters is 1. The van der Waals surface area contributed by atoms with E-state index in [0.29, 0.717) is 44.1 Å². The first-order valence-electron chi connectivity index (χ1n) is 19.8. The van der Waals surface area contributed by atoms with Crippen LogP contribution in [0.25, 0.3) is 22.2 Å². The number of nitrogen functional groups attached to an aromatic ring is 1. The molecule has 0 atom stereocenters. The molecule has 0 saturated heterocycles. The molecule has 0 unspecified atom stereocenters. The van der Waals surface area contributed by atoms with Crippen molar-refractivity contribution in [3.05, 3.63) is 216 Å². The van der Waals surface area contributed by atoms with Crippen LogP contribution in [-0.4, -0.2) is 40.2 Å². The number of rotatable bonds is 1. The highest BCUT2D eigenvalue weighted by Gasteiger charge is 2.23. The Labute approximate surface area is 380 Å². The van der Waals surface area contributed by atoms with Gasteiger partial charge in [0.15, 0.2) is 0 Å². The van der Waals surface area contributed by atoms with Gasteiger partial charge in [0.1, 0.15) is 10.3 Å². The van der Waals surface area contributed by atoms with Gasteiger partial charge in [-0.15, -0.1) is 0 Å². The van der Waals surface area contributed by atoms with Crippen molar-refractivity contribution in [3.63, 3.8) is 0 Å². The monoisotopic (exact) mass is 883 g/mol. The number of ether oxygens (including phenoxy) is 1. The number of hydrogen-bond acceptors (Lipinski definition) is 7. The highest BCUT2D eigenvalue weighted by Crippen LogP contribution is 2.40. The van der Waals surface area contributed by atoms with Crippen LogP contribution < -0.4 is 16.4 Å². The van der Waals surface area contributed by atoms with Crippen LogP contribution in [0, 0.1) is 7.43 Å². The van der Waals surface area contributed by atoms with Crippen molar-refractivity contribution < 1.29 is 19.1 Å². The summed E-state index contributed by atoms with van der Waals surface area (Å²) in [4.78, 5) is 47.4. The molecule has 7 aromatic carbocycles. The van der Waals surface area contributed by atoms with Crippen LogP contribution in [0.1, 0.15) is 53.3 Å². The lowest BCUT2D eigenvalue weighted by molar-refractivity contribution is 0.0601. The lowest BCUT2D eigenvalue weighted by atomic mass is 10.1. The molecule has 5 N–H and O–H groups in total. The lowest BCUT2D eigenvalue weighted by Gasteiger charge is -2.17. The molecular weight excluding hydrogens is 844 g/mol. The average molecular weight is 885 g/mol. The summed E-state index contributed by atoms with van der Waals surface area (Å²) in [5.41, 5.74) is 18.2. The van der Waals surface area contributed by atoms with Crippen LogP contribution in [0.4, 0.5) is 28.4 Å². The van der Waals surface area contributed by atoms with Crippen molar-refractivity contribution in [2.75, 3.05) is 23.5 Å². The van der Waals surface area contributed by atoms with Gasteiger partial charge in [0.05, 0.1) is 52.2 Å². The molecule has 64 heavy (non-hydrogen) atoms. The summed E-state index contributed by atoms with van der Waals surface area (Å²) in [7, 11) is 1.33. The minimum absolute atomic E-state index is 0. The lowest BCUT2D eigenvalue weighted by Crippen LogP contribution is -2.23. The third-order valence-corrected chi connectivity index (χ3v) is 10.9. The van der Waals surface area contributed by atoms with Gasteiger partial charge in [0.25, 0.3) is 11.8 Å². The number of fused-ring (bicyclic) bond motifs is 9. The number of carbonyl (C=O) groups excluding carboxylic acids is 3. The van der Waals surface area contributed by atoms with E-state index in [0.717, 1.165) is 28.9 Å². The molecule has 0 radical (unpaired) electrons. The fraction of sp³-hybridized carbons (Fsp3) is 0.0385. The molecule has 11 rings (SSSR count). The number of anilines is 3. The molecule has 8 aromatic rings. The maximum atomic E-state index is 12.1. The van der Waals surface area contributed by atoms with Gasteiger partial charge in [-0.1, -0.05) is 126 Å². The van der Waals surface area contributed by atoms with Crippen molar-refractivity contribution in [1.29, 1.82) is 0 Å². The zero-order valence-electron chi connectivity index (χ0n) is 34.7. The number of benzene rings is 7. The fourth-order valence-corrected chi connectivity index (χ4v) is 7.80. The van der Waals surface area contributed by atoms with Crippen LogP contribution >= 0.6 is 23.2 Å². The van der Waals surface area contributed by atoms with E-state index in [9.17, 15) is 14.4 Å². The van der Waals surface area contributed by atoms with Gasteiger partial charge in [-0.25, -0.2) is 14.8 Å². The van der Waals surface area contributed by atoms with Gasteiger partial charge in [-0.05, 0) is 77.9 Å². The fourth-order valence-electron chi connectivity index (χ4n) is 7.30. The molecule has 1 aromatic heterocycles. The number of halogens is 2. The summed E-state index contributed by atoms with van der Waals surface area (Å²) in [6.07, 6.45) is 1.06. The third kappa shape index (κ3) is 9.48. The van der Waals surface area contributed by atoms with Crippen LogP contribution in [0.2, 0.25) is 0 Å². The topological polar surface area (TPSA) is 151 Å². The second-order valence-corrected chi connectivity index (χ2v) is 15.0. The number of nitrogens with zero attached hydrogens (tertiary/aromatic N) is 2. The van der Waals surface area contributed by atoms with Crippen LogP contribution in [0.15, 0.2) is 180 Å². The predicted octanol–water partition coefficient (Wildman–Crippen LogP) is 12.4. The molecule has 2 aliphatic heterocycles. The van der Waals surface area contributed by atoms with E-state index in [4.69, 9.17) is 28.9 Å². The number of methoxy groups -OCH3 is 1. The van der Waals surface area contributed by atoms with E-state index < -0.39 is 5.97 Å². The second kappa shape index (κ2) is 19.9. The van der Waals surface area contributed by atoms with Crippen molar-refractivity contribution in [3.8, 4) is 11.3 Å². The number of aromatic amines is 1. The molecule has 2 amide bonds. The molecule has 0 fully saturated rings. The van der Waals surface area contributed by atoms with Crippen LogP contribution in [-0.2, 0) is 11.2 Å². The van der Waals surface area contributed by atoms with Gasteiger partial charge in [-0.3, -0.25) is 9.59 Å². The molecule has 3 heterocycles. The Morgan fingerprint density at radius 1 is 0.578 bits per heavy atom.